The Balaban J connectivity index is 1.64. The number of sulfonamides is 1. The first-order valence-electron chi connectivity index (χ1n) is 9.97. The first kappa shape index (κ1) is 23.2. The first-order chi connectivity index (χ1) is 15.2. The lowest BCUT2D eigenvalue weighted by atomic mass is 10.2. The molecule has 0 heterocycles. The second-order valence-corrected chi connectivity index (χ2v) is 9.01. The van der Waals surface area contributed by atoms with Crippen LogP contribution in [0.4, 0.5) is 5.69 Å². The Hall–Kier alpha value is -3.49. The van der Waals surface area contributed by atoms with E-state index in [-0.39, 0.29) is 17.0 Å². The minimum Gasteiger partial charge on any atom is -0.449 e. The molecule has 32 heavy (non-hydrogen) atoms. The molecule has 0 aliphatic heterocycles. The largest absolute Gasteiger partial charge is 0.449 e. The number of amides is 1. The van der Waals surface area contributed by atoms with Gasteiger partial charge in [-0.1, -0.05) is 48.5 Å². The van der Waals surface area contributed by atoms with Crippen LogP contribution in [0.25, 0.3) is 0 Å². The Morgan fingerprint density at radius 2 is 1.66 bits per heavy atom. The van der Waals surface area contributed by atoms with Gasteiger partial charge in [0.05, 0.1) is 10.5 Å². The fourth-order valence-corrected chi connectivity index (χ4v) is 3.96. The molecule has 8 heteroatoms. The number of anilines is 1. The van der Waals surface area contributed by atoms with Crippen LogP contribution < -0.4 is 10.0 Å². The molecule has 0 fully saturated rings. The number of hydrogen-bond acceptors (Lipinski definition) is 5. The molecular formula is C24H24N2O5S. The van der Waals surface area contributed by atoms with E-state index >= 15 is 0 Å². The van der Waals surface area contributed by atoms with Gasteiger partial charge in [-0.2, -0.15) is 0 Å². The lowest BCUT2D eigenvalue weighted by molar-refractivity contribution is -0.123. The summed E-state index contributed by atoms with van der Waals surface area (Å²) in [5.41, 5.74) is 2.41. The number of aryl methyl sites for hydroxylation is 1. The third kappa shape index (κ3) is 6.26. The Morgan fingerprint density at radius 1 is 0.938 bits per heavy atom. The molecule has 1 amide bonds. The van der Waals surface area contributed by atoms with Crippen molar-refractivity contribution in [3.05, 3.63) is 95.6 Å². The van der Waals surface area contributed by atoms with Gasteiger partial charge in [-0.25, -0.2) is 17.9 Å². The molecule has 0 bridgehead atoms. The summed E-state index contributed by atoms with van der Waals surface area (Å²) in [7, 11) is -3.84. The van der Waals surface area contributed by atoms with Crippen LogP contribution in [0.5, 0.6) is 0 Å². The Kier molecular flexibility index (Phi) is 7.40. The van der Waals surface area contributed by atoms with Gasteiger partial charge in [0.1, 0.15) is 0 Å². The molecule has 0 aliphatic rings. The van der Waals surface area contributed by atoms with Crippen LogP contribution in [-0.4, -0.2) is 26.4 Å². The Bertz CT molecular complexity index is 1210. The maximum Gasteiger partial charge on any atom is 0.338 e. The number of rotatable bonds is 8. The van der Waals surface area contributed by atoms with Gasteiger partial charge < -0.3 is 10.1 Å². The fourth-order valence-electron chi connectivity index (χ4n) is 2.90. The SMILES string of the molecule is Cc1cccc(NC(=O)C(C)OC(=O)c2cccc(S(=O)(=O)NCc3ccccc3)c2)c1. The number of nitrogens with one attached hydrogen (secondary N) is 2. The van der Waals surface area contributed by atoms with Crippen LogP contribution in [0.15, 0.2) is 83.8 Å². The topological polar surface area (TPSA) is 102 Å². The summed E-state index contributed by atoms with van der Waals surface area (Å²) >= 11 is 0. The average molecular weight is 453 g/mol. The van der Waals surface area contributed by atoms with Crippen molar-refractivity contribution in [3.8, 4) is 0 Å². The molecule has 3 aromatic carbocycles. The molecule has 0 aromatic heterocycles. The molecule has 1 atom stereocenters. The summed E-state index contributed by atoms with van der Waals surface area (Å²) in [6.45, 7) is 3.47. The molecule has 3 rings (SSSR count). The van der Waals surface area contributed by atoms with E-state index in [0.29, 0.717) is 5.69 Å². The molecular weight excluding hydrogens is 428 g/mol. The van der Waals surface area contributed by atoms with Crippen LogP contribution in [0.3, 0.4) is 0 Å². The van der Waals surface area contributed by atoms with Crippen molar-refractivity contribution in [3.63, 3.8) is 0 Å². The zero-order valence-electron chi connectivity index (χ0n) is 17.7. The predicted octanol–water partition coefficient (Wildman–Crippen LogP) is 3.66. The van der Waals surface area contributed by atoms with Crippen LogP contribution >= 0.6 is 0 Å². The fraction of sp³-hybridized carbons (Fsp3) is 0.167. The van der Waals surface area contributed by atoms with E-state index < -0.39 is 28.0 Å². The zero-order valence-corrected chi connectivity index (χ0v) is 18.6. The summed E-state index contributed by atoms with van der Waals surface area (Å²) in [4.78, 5) is 24.8. The Morgan fingerprint density at radius 3 is 2.38 bits per heavy atom. The van der Waals surface area contributed by atoms with Gasteiger partial charge in [0.15, 0.2) is 6.10 Å². The second kappa shape index (κ2) is 10.2. The van der Waals surface area contributed by atoms with Gasteiger partial charge in [0.2, 0.25) is 10.0 Å². The zero-order chi connectivity index (χ0) is 23.1. The number of benzene rings is 3. The van der Waals surface area contributed by atoms with Crippen LogP contribution in [-0.2, 0) is 26.1 Å². The van der Waals surface area contributed by atoms with E-state index in [9.17, 15) is 18.0 Å². The highest BCUT2D eigenvalue weighted by Crippen LogP contribution is 2.15. The van der Waals surface area contributed by atoms with Crippen molar-refractivity contribution in [2.75, 3.05) is 5.32 Å². The highest BCUT2D eigenvalue weighted by atomic mass is 32.2. The molecule has 0 saturated heterocycles. The minimum atomic E-state index is -3.84. The summed E-state index contributed by atoms with van der Waals surface area (Å²) in [6.07, 6.45) is -1.07. The van der Waals surface area contributed by atoms with Crippen molar-refractivity contribution in [2.45, 2.75) is 31.4 Å². The molecule has 3 aromatic rings. The summed E-state index contributed by atoms with van der Waals surface area (Å²) in [5.74, 6) is -1.28. The molecule has 0 radical (unpaired) electrons. The number of esters is 1. The molecule has 0 spiro atoms. The number of carbonyl (C=O) groups is 2. The highest BCUT2D eigenvalue weighted by molar-refractivity contribution is 7.89. The highest BCUT2D eigenvalue weighted by Gasteiger charge is 2.21. The lowest BCUT2D eigenvalue weighted by Crippen LogP contribution is -2.30. The van der Waals surface area contributed by atoms with E-state index in [1.54, 1.807) is 30.3 Å². The van der Waals surface area contributed by atoms with Crippen LogP contribution in [0.1, 0.15) is 28.4 Å². The van der Waals surface area contributed by atoms with Crippen molar-refractivity contribution in [1.82, 2.24) is 4.72 Å². The van der Waals surface area contributed by atoms with Crippen molar-refractivity contribution in [2.24, 2.45) is 0 Å². The number of carbonyl (C=O) groups excluding carboxylic acids is 2. The standard InChI is InChI=1S/C24H24N2O5S/c1-17-8-6-12-21(14-17)26-23(27)18(2)31-24(28)20-11-7-13-22(15-20)32(29,30)25-16-19-9-4-3-5-10-19/h3-15,18,25H,16H2,1-2H3,(H,26,27). The maximum atomic E-state index is 12.6. The second-order valence-electron chi connectivity index (χ2n) is 7.24. The van der Waals surface area contributed by atoms with Crippen LogP contribution in [0.2, 0.25) is 0 Å². The van der Waals surface area contributed by atoms with E-state index in [0.717, 1.165) is 11.1 Å². The average Bonchev–Trinajstić information content (AvgIpc) is 2.78. The van der Waals surface area contributed by atoms with E-state index in [1.165, 1.54) is 31.2 Å². The van der Waals surface area contributed by atoms with E-state index in [2.05, 4.69) is 10.0 Å². The molecule has 1 unspecified atom stereocenters. The van der Waals surface area contributed by atoms with Crippen molar-refractivity contribution >= 4 is 27.6 Å². The first-order valence-corrected chi connectivity index (χ1v) is 11.4. The van der Waals surface area contributed by atoms with Crippen molar-refractivity contribution < 1.29 is 22.7 Å². The number of hydrogen-bond donors (Lipinski definition) is 2. The van der Waals surface area contributed by atoms with Crippen LogP contribution in [0, 0.1) is 6.92 Å². The molecule has 7 nitrogen and oxygen atoms in total. The maximum absolute atomic E-state index is 12.6. The smallest absolute Gasteiger partial charge is 0.338 e. The molecule has 166 valence electrons. The molecule has 0 saturated carbocycles. The van der Waals surface area contributed by atoms with E-state index in [4.69, 9.17) is 4.74 Å². The lowest BCUT2D eigenvalue weighted by Gasteiger charge is -2.14. The van der Waals surface area contributed by atoms with Gasteiger partial charge >= 0.3 is 5.97 Å². The van der Waals surface area contributed by atoms with Gasteiger partial charge in [-0.15, -0.1) is 0 Å². The van der Waals surface area contributed by atoms with E-state index in [1.807, 2.05) is 31.2 Å². The quantitative estimate of drug-likeness (QED) is 0.508. The summed E-state index contributed by atoms with van der Waals surface area (Å²) in [6, 6.07) is 21.8. The van der Waals surface area contributed by atoms with Gasteiger partial charge in [0.25, 0.3) is 5.91 Å². The normalized spacial score (nSPS) is 12.1. The minimum absolute atomic E-state index is 0.0304. The van der Waals surface area contributed by atoms with Gasteiger partial charge in [0, 0.05) is 12.2 Å². The summed E-state index contributed by atoms with van der Waals surface area (Å²) < 4.78 is 33.0. The monoisotopic (exact) mass is 452 g/mol. The van der Waals surface area contributed by atoms with Gasteiger partial charge in [-0.3, -0.25) is 4.79 Å². The molecule has 2 N–H and O–H groups in total. The number of ether oxygens (including phenoxy) is 1. The third-order valence-corrected chi connectivity index (χ3v) is 6.03. The third-order valence-electron chi connectivity index (χ3n) is 4.63. The molecule has 0 aliphatic carbocycles. The Labute approximate surface area is 187 Å². The van der Waals surface area contributed by atoms with Crippen molar-refractivity contribution in [1.29, 1.82) is 0 Å². The van der Waals surface area contributed by atoms with Gasteiger partial charge in [-0.05, 0) is 55.3 Å². The summed E-state index contributed by atoms with van der Waals surface area (Å²) in [5, 5.41) is 2.69. The predicted molar refractivity (Wildman–Crippen MR) is 122 cm³/mol.